The molecule has 0 radical (unpaired) electrons. The summed E-state index contributed by atoms with van der Waals surface area (Å²) in [5.41, 5.74) is -0.520. The summed E-state index contributed by atoms with van der Waals surface area (Å²) in [7, 11) is 0. The molecule has 0 saturated heterocycles. The van der Waals surface area contributed by atoms with Gasteiger partial charge in [0.2, 0.25) is 11.8 Å². The molecular weight excluding hydrogens is 220 g/mol. The number of nitrogens with one attached hydrogen (secondary N) is 2. The van der Waals surface area contributed by atoms with Crippen molar-refractivity contribution < 1.29 is 14.4 Å². The zero-order valence-corrected chi connectivity index (χ0v) is 9.95. The van der Waals surface area contributed by atoms with Gasteiger partial charge in [-0.25, -0.2) is 4.79 Å². The topological polar surface area (TPSA) is 75.3 Å². The first-order chi connectivity index (χ1) is 7.91. The van der Waals surface area contributed by atoms with E-state index in [-0.39, 0.29) is 11.8 Å². The van der Waals surface area contributed by atoms with E-state index >= 15 is 0 Å². The average molecular weight is 236 g/mol. The van der Waals surface area contributed by atoms with Gasteiger partial charge in [-0.1, -0.05) is 19.1 Å². The number of allylic oxidation sites excluding steroid dienone is 2. The number of rotatable bonds is 1. The van der Waals surface area contributed by atoms with Crippen molar-refractivity contribution in [1.82, 2.24) is 10.6 Å². The Morgan fingerprint density at radius 3 is 2.41 bits per heavy atom. The van der Waals surface area contributed by atoms with E-state index in [9.17, 15) is 14.4 Å². The van der Waals surface area contributed by atoms with Gasteiger partial charge in [0.15, 0.2) is 0 Å². The summed E-state index contributed by atoms with van der Waals surface area (Å²) >= 11 is 0. The summed E-state index contributed by atoms with van der Waals surface area (Å²) in [4.78, 5) is 34.0. The van der Waals surface area contributed by atoms with Gasteiger partial charge < -0.3 is 0 Å². The fourth-order valence-corrected chi connectivity index (χ4v) is 2.79. The highest BCUT2D eigenvalue weighted by atomic mass is 16.2. The van der Waals surface area contributed by atoms with E-state index in [1.165, 1.54) is 6.92 Å². The van der Waals surface area contributed by atoms with E-state index in [1.807, 2.05) is 12.2 Å². The van der Waals surface area contributed by atoms with Crippen LogP contribution in [0.2, 0.25) is 0 Å². The maximum atomic E-state index is 12.0. The molecule has 0 aromatic heterocycles. The van der Waals surface area contributed by atoms with Gasteiger partial charge in [-0.2, -0.15) is 0 Å². The highest BCUT2D eigenvalue weighted by Crippen LogP contribution is 2.51. The molecular formula is C12H16N2O3. The number of carbonyl (C=O) groups excluding carboxylic acids is 3. The van der Waals surface area contributed by atoms with Crippen molar-refractivity contribution in [2.75, 3.05) is 0 Å². The zero-order valence-electron chi connectivity index (χ0n) is 9.95. The van der Waals surface area contributed by atoms with Gasteiger partial charge in [-0.05, 0) is 24.7 Å². The van der Waals surface area contributed by atoms with Crippen LogP contribution in [0.15, 0.2) is 12.2 Å². The van der Waals surface area contributed by atoms with Gasteiger partial charge in [0.25, 0.3) is 0 Å². The lowest BCUT2D eigenvalue weighted by atomic mass is 9.77. The first kappa shape index (κ1) is 11.8. The van der Waals surface area contributed by atoms with E-state index < -0.39 is 17.4 Å². The van der Waals surface area contributed by atoms with Crippen molar-refractivity contribution in [1.29, 1.82) is 0 Å². The summed E-state index contributed by atoms with van der Waals surface area (Å²) in [5.74, 6) is -0.120. The van der Waals surface area contributed by atoms with Crippen LogP contribution in [0.5, 0.6) is 0 Å². The zero-order chi connectivity index (χ0) is 12.6. The predicted octanol–water partition coefficient (Wildman–Crippen LogP) is 0.961. The molecule has 5 nitrogen and oxygen atoms in total. The molecule has 2 bridgehead atoms. The molecule has 2 rings (SSSR count). The van der Waals surface area contributed by atoms with Gasteiger partial charge >= 0.3 is 6.03 Å². The van der Waals surface area contributed by atoms with Crippen LogP contribution in [0.25, 0.3) is 0 Å². The maximum absolute atomic E-state index is 12.0. The molecule has 4 amide bonds. The fourth-order valence-electron chi connectivity index (χ4n) is 2.79. The van der Waals surface area contributed by atoms with Crippen molar-refractivity contribution in [3.8, 4) is 0 Å². The first-order valence-corrected chi connectivity index (χ1v) is 5.73. The van der Waals surface area contributed by atoms with Crippen LogP contribution >= 0.6 is 0 Å². The Bertz CT molecular complexity index is 416. The Morgan fingerprint density at radius 1 is 1.24 bits per heavy atom. The number of urea groups is 1. The van der Waals surface area contributed by atoms with Gasteiger partial charge in [-0.15, -0.1) is 0 Å². The molecule has 17 heavy (non-hydrogen) atoms. The Hall–Kier alpha value is -1.65. The van der Waals surface area contributed by atoms with Gasteiger partial charge in [0, 0.05) is 6.92 Å². The highest BCUT2D eigenvalue weighted by molar-refractivity contribution is 6.03. The van der Waals surface area contributed by atoms with E-state index in [1.54, 1.807) is 0 Å². The van der Waals surface area contributed by atoms with Crippen LogP contribution in [0, 0.1) is 17.3 Å². The van der Waals surface area contributed by atoms with Crippen LogP contribution in [0.4, 0.5) is 4.79 Å². The minimum atomic E-state index is -0.740. The SMILES string of the molecule is CC(=O)NC(=O)NC(=O)C1(C)CC2C=CC1C2. The minimum absolute atomic E-state index is 0.206. The van der Waals surface area contributed by atoms with E-state index in [0.717, 1.165) is 12.8 Å². The molecule has 2 N–H and O–H groups in total. The largest absolute Gasteiger partial charge is 0.328 e. The van der Waals surface area contributed by atoms with Crippen molar-refractivity contribution >= 4 is 17.8 Å². The molecule has 0 aromatic carbocycles. The fraction of sp³-hybridized carbons (Fsp3) is 0.583. The summed E-state index contributed by atoms with van der Waals surface area (Å²) in [6, 6.07) is -0.740. The summed E-state index contributed by atoms with van der Waals surface area (Å²) in [5, 5.41) is 4.27. The molecule has 5 heteroatoms. The standard InChI is InChI=1S/C12H16N2O3/c1-7(15)13-11(17)14-10(16)12(2)6-8-3-4-9(12)5-8/h3-4,8-9H,5-6H2,1-2H3,(H2,13,14,15,16,17). The lowest BCUT2D eigenvalue weighted by molar-refractivity contribution is -0.130. The Morgan fingerprint density at radius 2 is 1.94 bits per heavy atom. The highest BCUT2D eigenvalue weighted by Gasteiger charge is 2.50. The average Bonchev–Trinajstić information content (AvgIpc) is 2.75. The van der Waals surface area contributed by atoms with Gasteiger partial charge in [0.05, 0.1) is 5.41 Å². The lowest BCUT2D eigenvalue weighted by Gasteiger charge is -2.29. The third-order valence-electron chi connectivity index (χ3n) is 3.71. The molecule has 92 valence electrons. The molecule has 1 saturated carbocycles. The molecule has 1 fully saturated rings. The molecule has 0 aromatic rings. The molecule has 3 atom stereocenters. The first-order valence-electron chi connectivity index (χ1n) is 5.73. The molecule has 2 aliphatic carbocycles. The molecule has 3 unspecified atom stereocenters. The van der Waals surface area contributed by atoms with Gasteiger partial charge in [-0.3, -0.25) is 20.2 Å². The van der Waals surface area contributed by atoms with E-state index in [0.29, 0.717) is 5.92 Å². The number of carbonyl (C=O) groups is 3. The number of hydrogen-bond acceptors (Lipinski definition) is 3. The van der Waals surface area contributed by atoms with Crippen LogP contribution in [-0.2, 0) is 9.59 Å². The van der Waals surface area contributed by atoms with Crippen LogP contribution in [-0.4, -0.2) is 17.8 Å². The Balaban J connectivity index is 1.99. The molecule has 0 spiro atoms. The smallest absolute Gasteiger partial charge is 0.278 e. The number of imide groups is 2. The maximum Gasteiger partial charge on any atom is 0.328 e. The Kier molecular flexibility index (Phi) is 2.77. The summed E-state index contributed by atoms with van der Waals surface area (Å²) in [6.07, 6.45) is 5.94. The van der Waals surface area contributed by atoms with Crippen molar-refractivity contribution in [3.63, 3.8) is 0 Å². The minimum Gasteiger partial charge on any atom is -0.278 e. The van der Waals surface area contributed by atoms with E-state index in [2.05, 4.69) is 17.5 Å². The van der Waals surface area contributed by atoms with Crippen molar-refractivity contribution in [3.05, 3.63) is 12.2 Å². The number of amides is 4. The predicted molar refractivity (Wildman–Crippen MR) is 60.8 cm³/mol. The number of hydrogen-bond donors (Lipinski definition) is 2. The lowest BCUT2D eigenvalue weighted by Crippen LogP contribution is -2.48. The second-order valence-electron chi connectivity index (χ2n) is 5.07. The molecule has 2 aliphatic rings. The molecule has 0 heterocycles. The third kappa shape index (κ3) is 2.09. The van der Waals surface area contributed by atoms with Crippen molar-refractivity contribution in [2.24, 2.45) is 17.3 Å². The van der Waals surface area contributed by atoms with Crippen LogP contribution in [0.3, 0.4) is 0 Å². The monoisotopic (exact) mass is 236 g/mol. The van der Waals surface area contributed by atoms with Gasteiger partial charge in [0.1, 0.15) is 0 Å². The summed E-state index contributed by atoms with van der Waals surface area (Å²) < 4.78 is 0. The van der Waals surface area contributed by atoms with E-state index in [4.69, 9.17) is 0 Å². The number of fused-ring (bicyclic) bond motifs is 2. The van der Waals surface area contributed by atoms with Crippen LogP contribution in [0.1, 0.15) is 26.7 Å². The Labute approximate surface area is 99.6 Å². The molecule has 0 aliphatic heterocycles. The third-order valence-corrected chi connectivity index (χ3v) is 3.71. The van der Waals surface area contributed by atoms with Crippen LogP contribution < -0.4 is 10.6 Å². The second-order valence-corrected chi connectivity index (χ2v) is 5.07. The second kappa shape index (κ2) is 3.98. The van der Waals surface area contributed by atoms with Crippen molar-refractivity contribution in [2.45, 2.75) is 26.7 Å². The quantitative estimate of drug-likeness (QED) is 0.666. The normalized spacial score (nSPS) is 33.5. The summed E-state index contributed by atoms with van der Waals surface area (Å²) in [6.45, 7) is 3.10.